The van der Waals surface area contributed by atoms with E-state index >= 15 is 0 Å². The summed E-state index contributed by atoms with van der Waals surface area (Å²) in [6.07, 6.45) is -2.35. The van der Waals surface area contributed by atoms with E-state index in [0.29, 0.717) is 4.47 Å². The molecular formula is C17H8BrClF3N3O3. The van der Waals surface area contributed by atoms with E-state index in [1.54, 1.807) is 0 Å². The molecule has 0 bridgehead atoms. The van der Waals surface area contributed by atoms with Crippen LogP contribution >= 0.6 is 27.5 Å². The highest BCUT2D eigenvalue weighted by atomic mass is 79.9. The number of hydrogen-bond acceptors (Lipinski definition) is 4. The number of nitrogens with zero attached hydrogens (tertiary/aromatic N) is 3. The molecule has 1 heterocycles. The molecule has 2 aromatic carbocycles. The predicted octanol–water partition coefficient (Wildman–Crippen LogP) is 5.45. The second-order valence-corrected chi connectivity index (χ2v) is 6.91. The van der Waals surface area contributed by atoms with Crippen molar-refractivity contribution in [2.45, 2.75) is 6.18 Å². The van der Waals surface area contributed by atoms with E-state index in [1.807, 2.05) is 0 Å². The average Bonchev–Trinajstić information content (AvgIpc) is 3.10. The molecule has 0 aliphatic carbocycles. The zero-order valence-corrected chi connectivity index (χ0v) is 15.9. The van der Waals surface area contributed by atoms with Crippen LogP contribution in [0.1, 0.15) is 21.5 Å². The third-order valence-electron chi connectivity index (χ3n) is 3.76. The molecule has 0 atom stereocenters. The van der Waals surface area contributed by atoms with Crippen molar-refractivity contribution in [1.82, 2.24) is 9.78 Å². The first-order chi connectivity index (χ1) is 13.1. The second kappa shape index (κ2) is 7.36. The Morgan fingerprint density at radius 2 is 1.93 bits per heavy atom. The Morgan fingerprint density at radius 1 is 1.21 bits per heavy atom. The molecule has 0 N–H and O–H groups in total. The lowest BCUT2D eigenvalue weighted by molar-refractivity contribution is -0.385. The van der Waals surface area contributed by atoms with Crippen LogP contribution in [0.25, 0.3) is 5.69 Å². The quantitative estimate of drug-likeness (QED) is 0.286. The van der Waals surface area contributed by atoms with E-state index in [1.165, 1.54) is 30.5 Å². The Balaban J connectivity index is 2.01. The van der Waals surface area contributed by atoms with Gasteiger partial charge in [0.25, 0.3) is 5.69 Å². The summed E-state index contributed by atoms with van der Waals surface area (Å²) in [5.41, 5.74) is -1.61. The van der Waals surface area contributed by atoms with Crippen LogP contribution in [-0.2, 0) is 6.18 Å². The topological polar surface area (TPSA) is 78.0 Å². The maximum absolute atomic E-state index is 13.0. The van der Waals surface area contributed by atoms with Gasteiger partial charge in [0.1, 0.15) is 5.56 Å². The molecule has 0 spiro atoms. The van der Waals surface area contributed by atoms with Crippen LogP contribution in [0.15, 0.2) is 53.3 Å². The molecule has 0 aliphatic heterocycles. The van der Waals surface area contributed by atoms with E-state index in [-0.39, 0.29) is 16.8 Å². The number of alkyl halides is 3. The maximum Gasteiger partial charge on any atom is 0.417 e. The molecule has 0 unspecified atom stereocenters. The molecule has 28 heavy (non-hydrogen) atoms. The highest BCUT2D eigenvalue weighted by Crippen LogP contribution is 2.35. The number of carbonyl (C=O) groups excluding carboxylic acids is 1. The summed E-state index contributed by atoms with van der Waals surface area (Å²) in [6.45, 7) is 0. The summed E-state index contributed by atoms with van der Waals surface area (Å²) in [4.78, 5) is 23.1. The Bertz CT molecular complexity index is 1100. The summed E-state index contributed by atoms with van der Waals surface area (Å²) in [7, 11) is 0. The van der Waals surface area contributed by atoms with Gasteiger partial charge in [0.15, 0.2) is 0 Å². The van der Waals surface area contributed by atoms with Crippen molar-refractivity contribution in [2.75, 3.05) is 0 Å². The molecule has 0 amide bonds. The molecule has 6 nitrogen and oxygen atoms in total. The number of ketones is 1. The molecule has 11 heteroatoms. The van der Waals surface area contributed by atoms with Crippen LogP contribution in [0.4, 0.5) is 18.9 Å². The second-order valence-electron chi connectivity index (χ2n) is 5.58. The summed E-state index contributed by atoms with van der Waals surface area (Å²) in [6, 6.07) is 7.07. The minimum atomic E-state index is -4.66. The highest BCUT2D eigenvalue weighted by molar-refractivity contribution is 9.10. The number of halogens is 5. The molecule has 3 aromatic rings. The van der Waals surface area contributed by atoms with E-state index in [4.69, 9.17) is 11.6 Å². The lowest BCUT2D eigenvalue weighted by atomic mass is 10.0. The summed E-state index contributed by atoms with van der Waals surface area (Å²) >= 11 is 8.74. The zero-order valence-electron chi connectivity index (χ0n) is 13.6. The molecule has 0 saturated carbocycles. The summed E-state index contributed by atoms with van der Waals surface area (Å²) in [5, 5.41) is 14.6. The van der Waals surface area contributed by atoms with Crippen molar-refractivity contribution in [3.05, 3.63) is 85.1 Å². The first-order valence-corrected chi connectivity index (χ1v) is 8.65. The SMILES string of the molecule is O=C(c1cnn(-c2ccc(Cl)c(C(F)(F)F)c2)c1)c1cc(Br)ccc1[N+](=O)[O-]. The van der Waals surface area contributed by atoms with Gasteiger partial charge in [-0.2, -0.15) is 18.3 Å². The van der Waals surface area contributed by atoms with Crippen molar-refractivity contribution in [3.8, 4) is 5.69 Å². The molecular weight excluding hydrogens is 467 g/mol. The van der Waals surface area contributed by atoms with Crippen LogP contribution in [0.2, 0.25) is 5.02 Å². The van der Waals surface area contributed by atoms with Gasteiger partial charge in [0, 0.05) is 16.7 Å². The van der Waals surface area contributed by atoms with E-state index in [9.17, 15) is 28.1 Å². The van der Waals surface area contributed by atoms with Crippen molar-refractivity contribution >= 4 is 39.0 Å². The van der Waals surface area contributed by atoms with Gasteiger partial charge in [-0.1, -0.05) is 27.5 Å². The number of nitro groups is 1. The van der Waals surface area contributed by atoms with Crippen LogP contribution in [0.3, 0.4) is 0 Å². The maximum atomic E-state index is 13.0. The van der Waals surface area contributed by atoms with Gasteiger partial charge in [-0.15, -0.1) is 0 Å². The van der Waals surface area contributed by atoms with Crippen molar-refractivity contribution in [2.24, 2.45) is 0 Å². The number of benzene rings is 2. The third-order valence-corrected chi connectivity index (χ3v) is 4.59. The van der Waals surface area contributed by atoms with Crippen LogP contribution < -0.4 is 0 Å². The van der Waals surface area contributed by atoms with Gasteiger partial charge in [-0.25, -0.2) is 4.68 Å². The van der Waals surface area contributed by atoms with E-state index in [0.717, 1.165) is 23.0 Å². The number of aromatic nitrogens is 2. The molecule has 3 rings (SSSR count). The van der Waals surface area contributed by atoms with Gasteiger partial charge >= 0.3 is 6.18 Å². The molecule has 144 valence electrons. The fourth-order valence-corrected chi connectivity index (χ4v) is 3.04. The normalized spacial score (nSPS) is 11.5. The Morgan fingerprint density at radius 3 is 2.57 bits per heavy atom. The van der Waals surface area contributed by atoms with Gasteiger partial charge in [0.2, 0.25) is 5.78 Å². The molecule has 0 aliphatic rings. The standard InChI is InChI=1S/C17H8BrClF3N3O3/c18-10-1-4-15(25(27)28)12(5-10)16(26)9-7-23-24(8-9)11-2-3-14(19)13(6-11)17(20,21)22/h1-8H. The highest BCUT2D eigenvalue weighted by Gasteiger charge is 2.33. The predicted molar refractivity (Wildman–Crippen MR) is 97.8 cm³/mol. The van der Waals surface area contributed by atoms with Gasteiger partial charge in [-0.3, -0.25) is 14.9 Å². The lowest BCUT2D eigenvalue weighted by Crippen LogP contribution is -2.07. The van der Waals surface area contributed by atoms with Crippen LogP contribution in [0, 0.1) is 10.1 Å². The fraction of sp³-hybridized carbons (Fsp3) is 0.0588. The Hall–Kier alpha value is -2.72. The minimum Gasteiger partial charge on any atom is -0.288 e. The first kappa shape index (κ1) is 20.0. The Labute approximate surface area is 168 Å². The number of carbonyl (C=O) groups is 1. The Kier molecular flexibility index (Phi) is 5.26. The number of hydrogen-bond donors (Lipinski definition) is 0. The summed E-state index contributed by atoms with van der Waals surface area (Å²) < 4.78 is 40.6. The molecule has 0 saturated heterocycles. The number of rotatable bonds is 4. The number of nitro benzene ring substituents is 1. The van der Waals surface area contributed by atoms with Crippen molar-refractivity contribution in [1.29, 1.82) is 0 Å². The first-order valence-electron chi connectivity index (χ1n) is 7.48. The molecule has 0 fully saturated rings. The smallest absolute Gasteiger partial charge is 0.288 e. The third kappa shape index (κ3) is 3.92. The van der Waals surface area contributed by atoms with Gasteiger partial charge < -0.3 is 0 Å². The zero-order chi connectivity index (χ0) is 20.6. The minimum absolute atomic E-state index is 0.0234. The molecule has 1 aromatic heterocycles. The molecule has 0 radical (unpaired) electrons. The largest absolute Gasteiger partial charge is 0.417 e. The van der Waals surface area contributed by atoms with Crippen molar-refractivity contribution < 1.29 is 22.9 Å². The van der Waals surface area contributed by atoms with Crippen molar-refractivity contribution in [3.63, 3.8) is 0 Å². The lowest BCUT2D eigenvalue weighted by Gasteiger charge is -2.10. The van der Waals surface area contributed by atoms with E-state index in [2.05, 4.69) is 21.0 Å². The van der Waals surface area contributed by atoms with E-state index < -0.39 is 33.2 Å². The van der Waals surface area contributed by atoms with Gasteiger partial charge in [0.05, 0.1) is 33.0 Å². The summed E-state index contributed by atoms with van der Waals surface area (Å²) in [5.74, 6) is -0.691. The average molecular weight is 475 g/mol. The monoisotopic (exact) mass is 473 g/mol. The van der Waals surface area contributed by atoms with Crippen LogP contribution in [0.5, 0.6) is 0 Å². The van der Waals surface area contributed by atoms with Crippen LogP contribution in [-0.4, -0.2) is 20.5 Å². The van der Waals surface area contributed by atoms with Gasteiger partial charge in [-0.05, 0) is 30.3 Å². The fourth-order valence-electron chi connectivity index (χ4n) is 2.46.